The molecule has 0 unspecified atom stereocenters. The van der Waals surface area contributed by atoms with Crippen LogP contribution in [0.2, 0.25) is 5.02 Å². The average molecular weight is 391 g/mol. The highest BCUT2D eigenvalue weighted by Crippen LogP contribution is 2.34. The average Bonchev–Trinajstić information content (AvgIpc) is 2.65. The third-order valence-electron chi connectivity index (χ3n) is 3.95. The minimum atomic E-state index is -0.388. The van der Waals surface area contributed by atoms with Gasteiger partial charge >= 0.3 is 0 Å². The zero-order valence-corrected chi connectivity index (χ0v) is 15.7. The third kappa shape index (κ3) is 4.43. The van der Waals surface area contributed by atoms with E-state index in [0.29, 0.717) is 46.9 Å². The maximum Gasteiger partial charge on any atom is 0.244 e. The van der Waals surface area contributed by atoms with Gasteiger partial charge in [0.05, 0.1) is 12.8 Å². The predicted octanol–water partition coefficient (Wildman–Crippen LogP) is 3.11. The Kier molecular flexibility index (Phi) is 5.71. The Balaban J connectivity index is 1.78. The Bertz CT molecular complexity index is 871. The lowest BCUT2D eigenvalue weighted by atomic mass is 10.2. The van der Waals surface area contributed by atoms with E-state index in [1.807, 2.05) is 0 Å². The molecule has 2 amide bonds. The van der Waals surface area contributed by atoms with Gasteiger partial charge in [0.25, 0.3) is 0 Å². The zero-order valence-electron chi connectivity index (χ0n) is 15.0. The van der Waals surface area contributed by atoms with E-state index in [4.69, 9.17) is 25.8 Å². The first-order chi connectivity index (χ1) is 13.0. The predicted molar refractivity (Wildman–Crippen MR) is 102 cm³/mol. The summed E-state index contributed by atoms with van der Waals surface area (Å²) in [4.78, 5) is 26.0. The smallest absolute Gasteiger partial charge is 0.244 e. The fraction of sp³-hybridized carbons (Fsp3) is 0.263. The monoisotopic (exact) mass is 390 g/mol. The number of hydrogen-bond acceptors (Lipinski definition) is 5. The van der Waals surface area contributed by atoms with Crippen molar-refractivity contribution < 1.29 is 23.8 Å². The van der Waals surface area contributed by atoms with Gasteiger partial charge in [0, 0.05) is 23.7 Å². The van der Waals surface area contributed by atoms with Crippen LogP contribution in [0, 0.1) is 0 Å². The molecule has 0 fully saturated rings. The Labute approximate surface area is 161 Å². The number of fused-ring (bicyclic) bond motifs is 1. The molecule has 1 heterocycles. The number of hydrogen-bond donors (Lipinski definition) is 1. The van der Waals surface area contributed by atoms with Gasteiger partial charge in [0.2, 0.25) is 11.8 Å². The van der Waals surface area contributed by atoms with Crippen molar-refractivity contribution in [3.63, 3.8) is 0 Å². The molecule has 7 nitrogen and oxygen atoms in total. The van der Waals surface area contributed by atoms with Crippen LogP contribution in [-0.4, -0.2) is 38.7 Å². The lowest BCUT2D eigenvalue weighted by Gasteiger charge is -2.24. The number of nitrogens with zero attached hydrogens (tertiary/aromatic N) is 1. The molecule has 2 aromatic rings. The highest BCUT2D eigenvalue weighted by atomic mass is 35.5. The highest BCUT2D eigenvalue weighted by molar-refractivity contribution is 6.31. The van der Waals surface area contributed by atoms with Crippen molar-refractivity contribution in [2.75, 3.05) is 37.1 Å². The normalized spacial score (nSPS) is 12.3. The molecule has 2 aromatic carbocycles. The largest absolute Gasteiger partial charge is 0.495 e. The summed E-state index contributed by atoms with van der Waals surface area (Å²) in [5.74, 6) is 0.963. The molecule has 1 aliphatic rings. The van der Waals surface area contributed by atoms with Crippen molar-refractivity contribution in [2.24, 2.45) is 0 Å². The molecule has 0 spiro atoms. The Morgan fingerprint density at radius 1 is 1.15 bits per heavy atom. The maximum absolute atomic E-state index is 12.5. The molecule has 0 aliphatic carbocycles. The van der Waals surface area contributed by atoms with E-state index in [1.165, 1.54) is 18.9 Å². The lowest BCUT2D eigenvalue weighted by molar-refractivity contribution is -0.120. The van der Waals surface area contributed by atoms with E-state index in [9.17, 15) is 9.59 Å². The van der Waals surface area contributed by atoms with Crippen LogP contribution in [-0.2, 0) is 9.59 Å². The molecule has 0 radical (unpaired) electrons. The number of halogens is 1. The number of benzene rings is 2. The Hall–Kier alpha value is -2.93. The number of carbonyl (C=O) groups excluding carboxylic acids is 2. The molecule has 0 aromatic heterocycles. The quantitative estimate of drug-likeness (QED) is 0.848. The summed E-state index contributed by atoms with van der Waals surface area (Å²) in [6, 6.07) is 10.0. The van der Waals surface area contributed by atoms with E-state index in [-0.39, 0.29) is 18.4 Å². The third-order valence-corrected chi connectivity index (χ3v) is 4.19. The van der Waals surface area contributed by atoms with Crippen LogP contribution in [0.5, 0.6) is 17.2 Å². The van der Waals surface area contributed by atoms with Crippen LogP contribution < -0.4 is 24.4 Å². The second-order valence-electron chi connectivity index (χ2n) is 5.83. The van der Waals surface area contributed by atoms with Gasteiger partial charge in [-0.05, 0) is 30.3 Å². The summed E-state index contributed by atoms with van der Waals surface area (Å²) in [5, 5.41) is 3.18. The van der Waals surface area contributed by atoms with E-state index < -0.39 is 0 Å². The molecule has 0 atom stereocenters. The minimum absolute atomic E-state index is 0.176. The molecule has 8 heteroatoms. The van der Waals surface area contributed by atoms with Gasteiger partial charge in [-0.3, -0.25) is 9.59 Å². The number of anilines is 2. The van der Waals surface area contributed by atoms with Crippen molar-refractivity contribution in [2.45, 2.75) is 6.92 Å². The van der Waals surface area contributed by atoms with Gasteiger partial charge in [-0.2, -0.15) is 0 Å². The second-order valence-corrected chi connectivity index (χ2v) is 6.26. The molecule has 142 valence electrons. The number of methoxy groups -OCH3 is 1. The van der Waals surface area contributed by atoms with E-state index in [2.05, 4.69) is 5.32 Å². The lowest BCUT2D eigenvalue weighted by Crippen LogP contribution is -2.36. The van der Waals surface area contributed by atoms with Crippen LogP contribution in [0.25, 0.3) is 0 Å². The number of nitrogens with one attached hydrogen (secondary N) is 1. The SMILES string of the molecule is COc1ccc(Cl)cc1NC(=O)CN(C(C)=O)c1ccc2c(c1)OCCO2. The number of carbonyl (C=O) groups is 2. The Morgan fingerprint density at radius 3 is 2.59 bits per heavy atom. The summed E-state index contributed by atoms with van der Waals surface area (Å²) < 4.78 is 16.2. The van der Waals surface area contributed by atoms with Gasteiger partial charge < -0.3 is 24.4 Å². The molecule has 0 saturated carbocycles. The van der Waals surface area contributed by atoms with Crippen molar-refractivity contribution in [1.29, 1.82) is 0 Å². The first-order valence-electron chi connectivity index (χ1n) is 8.29. The fourth-order valence-corrected chi connectivity index (χ4v) is 2.87. The van der Waals surface area contributed by atoms with Crippen LogP contribution in [0.3, 0.4) is 0 Å². The zero-order chi connectivity index (χ0) is 19.4. The minimum Gasteiger partial charge on any atom is -0.495 e. The van der Waals surface area contributed by atoms with Crippen LogP contribution in [0.1, 0.15) is 6.92 Å². The summed E-state index contributed by atoms with van der Waals surface area (Å²) in [7, 11) is 1.50. The standard InChI is InChI=1S/C19H19ClN2O5/c1-12(23)22(14-4-6-17-18(10-14)27-8-7-26-17)11-19(24)21-15-9-13(20)3-5-16(15)25-2/h3-6,9-10H,7-8,11H2,1-2H3,(H,21,24). The summed E-state index contributed by atoms with van der Waals surface area (Å²) in [6.45, 7) is 2.13. The summed E-state index contributed by atoms with van der Waals surface area (Å²) >= 11 is 5.98. The molecular weight excluding hydrogens is 372 g/mol. The van der Waals surface area contributed by atoms with Gasteiger partial charge in [-0.1, -0.05) is 11.6 Å². The van der Waals surface area contributed by atoms with Gasteiger partial charge in [-0.25, -0.2) is 0 Å². The number of amides is 2. The van der Waals surface area contributed by atoms with Crippen molar-refractivity contribution >= 4 is 34.8 Å². The molecule has 3 rings (SSSR count). The van der Waals surface area contributed by atoms with E-state index >= 15 is 0 Å². The Morgan fingerprint density at radius 2 is 1.89 bits per heavy atom. The highest BCUT2D eigenvalue weighted by Gasteiger charge is 2.20. The second kappa shape index (κ2) is 8.18. The van der Waals surface area contributed by atoms with E-state index in [1.54, 1.807) is 36.4 Å². The van der Waals surface area contributed by atoms with Gasteiger partial charge in [-0.15, -0.1) is 0 Å². The molecule has 0 bridgehead atoms. The van der Waals surface area contributed by atoms with Crippen molar-refractivity contribution in [3.8, 4) is 17.2 Å². The van der Waals surface area contributed by atoms with Crippen LogP contribution in [0.4, 0.5) is 11.4 Å². The number of ether oxygens (including phenoxy) is 3. The first-order valence-corrected chi connectivity index (χ1v) is 8.67. The number of rotatable bonds is 5. The van der Waals surface area contributed by atoms with Crippen LogP contribution >= 0.6 is 11.6 Å². The van der Waals surface area contributed by atoms with Gasteiger partial charge in [0.15, 0.2) is 11.5 Å². The topological polar surface area (TPSA) is 77.1 Å². The summed E-state index contributed by atoms with van der Waals surface area (Å²) in [5.41, 5.74) is 0.973. The molecule has 0 saturated heterocycles. The maximum atomic E-state index is 12.5. The summed E-state index contributed by atoms with van der Waals surface area (Å²) in [6.07, 6.45) is 0. The molecule has 27 heavy (non-hydrogen) atoms. The van der Waals surface area contributed by atoms with Crippen molar-refractivity contribution in [1.82, 2.24) is 0 Å². The van der Waals surface area contributed by atoms with E-state index in [0.717, 1.165) is 0 Å². The van der Waals surface area contributed by atoms with Crippen molar-refractivity contribution in [3.05, 3.63) is 41.4 Å². The van der Waals surface area contributed by atoms with Gasteiger partial charge in [0.1, 0.15) is 25.5 Å². The molecular formula is C19H19ClN2O5. The molecule has 1 aliphatic heterocycles. The molecule has 1 N–H and O–H groups in total. The fourth-order valence-electron chi connectivity index (χ4n) is 2.70. The van der Waals surface area contributed by atoms with Crippen LogP contribution in [0.15, 0.2) is 36.4 Å². The first kappa shape index (κ1) is 18.8.